The van der Waals surface area contributed by atoms with E-state index in [1.807, 2.05) is 30.3 Å². The van der Waals surface area contributed by atoms with Crippen LogP contribution in [0.15, 0.2) is 78.9 Å². The van der Waals surface area contributed by atoms with Crippen LogP contribution in [0.4, 0.5) is 10.1 Å². The van der Waals surface area contributed by atoms with Crippen LogP contribution < -0.4 is 4.90 Å². The zero-order valence-electron chi connectivity index (χ0n) is 18.9. The molecule has 1 fully saturated rings. The molecule has 3 aromatic rings. The molecule has 6 heteroatoms. The van der Waals surface area contributed by atoms with Gasteiger partial charge in [-0.05, 0) is 23.8 Å². The van der Waals surface area contributed by atoms with Crippen molar-refractivity contribution in [3.63, 3.8) is 0 Å². The first kappa shape index (κ1) is 22.0. The van der Waals surface area contributed by atoms with Crippen molar-refractivity contribution in [2.24, 2.45) is 0 Å². The Morgan fingerprint density at radius 2 is 1.53 bits per heavy atom. The van der Waals surface area contributed by atoms with E-state index in [0.717, 1.165) is 43.3 Å². The average molecular weight is 456 g/mol. The quantitative estimate of drug-likeness (QED) is 0.515. The summed E-state index contributed by atoms with van der Waals surface area (Å²) in [6, 6.07) is 21.9. The molecule has 2 heterocycles. The maximum atomic E-state index is 14.2. The Morgan fingerprint density at radius 3 is 2.29 bits per heavy atom. The normalized spacial score (nSPS) is 16.5. The molecule has 0 radical (unpaired) electrons. The average Bonchev–Trinajstić information content (AvgIpc) is 3.11. The van der Waals surface area contributed by atoms with Gasteiger partial charge in [0.25, 0.3) is 11.8 Å². The highest BCUT2D eigenvalue weighted by atomic mass is 19.1. The molecule has 2 aliphatic rings. The Balaban J connectivity index is 1.27. The van der Waals surface area contributed by atoms with Gasteiger partial charge in [0.05, 0.1) is 23.4 Å². The molecule has 0 atom stereocenters. The highest BCUT2D eigenvalue weighted by Crippen LogP contribution is 2.33. The number of anilines is 1. The van der Waals surface area contributed by atoms with Crippen molar-refractivity contribution < 1.29 is 14.0 Å². The number of carbonyl (C=O) groups is 2. The summed E-state index contributed by atoms with van der Waals surface area (Å²) in [6.07, 6.45) is 4.30. The van der Waals surface area contributed by atoms with Gasteiger partial charge >= 0.3 is 0 Å². The first-order valence-corrected chi connectivity index (χ1v) is 11.5. The van der Waals surface area contributed by atoms with Crippen molar-refractivity contribution in [2.45, 2.75) is 6.54 Å². The topological polar surface area (TPSA) is 43.9 Å². The number of fused-ring (bicyclic) bond motifs is 1. The molecular weight excluding hydrogens is 429 g/mol. The van der Waals surface area contributed by atoms with Crippen LogP contribution in [-0.2, 0) is 6.54 Å². The van der Waals surface area contributed by atoms with E-state index in [4.69, 9.17) is 0 Å². The number of amides is 2. The number of carbonyl (C=O) groups excluding carboxylic acids is 2. The summed E-state index contributed by atoms with van der Waals surface area (Å²) in [4.78, 5) is 32.0. The second kappa shape index (κ2) is 9.61. The predicted molar refractivity (Wildman–Crippen MR) is 131 cm³/mol. The summed E-state index contributed by atoms with van der Waals surface area (Å²) in [6.45, 7) is 4.06. The van der Waals surface area contributed by atoms with Gasteiger partial charge in [0.2, 0.25) is 0 Å². The minimum absolute atomic E-state index is 0.0695. The standard InChI is InChI=1S/C28H26FN3O2/c29-24-13-5-4-11-22(24)20-32-27(33)23-12-6-14-25(26(23)28(32)34)31-18-16-30(17-19-31)15-7-10-21-8-2-1-3-9-21/h1-14H,15-20H2/b10-7+. The van der Waals surface area contributed by atoms with E-state index in [0.29, 0.717) is 16.7 Å². The minimum atomic E-state index is -0.420. The largest absolute Gasteiger partial charge is 0.368 e. The van der Waals surface area contributed by atoms with Gasteiger partial charge in [0.15, 0.2) is 0 Å². The zero-order chi connectivity index (χ0) is 23.5. The van der Waals surface area contributed by atoms with E-state index < -0.39 is 5.82 Å². The number of piperazine rings is 1. The summed E-state index contributed by atoms with van der Waals surface area (Å²) < 4.78 is 14.2. The zero-order valence-corrected chi connectivity index (χ0v) is 18.9. The van der Waals surface area contributed by atoms with Crippen molar-refractivity contribution in [3.8, 4) is 0 Å². The lowest BCUT2D eigenvalue weighted by Crippen LogP contribution is -2.46. The highest BCUT2D eigenvalue weighted by molar-refractivity contribution is 6.23. The molecular formula is C28H26FN3O2. The van der Waals surface area contributed by atoms with E-state index in [1.165, 1.54) is 11.6 Å². The van der Waals surface area contributed by atoms with E-state index in [9.17, 15) is 14.0 Å². The molecule has 3 aromatic carbocycles. The fourth-order valence-corrected chi connectivity index (χ4v) is 4.59. The molecule has 172 valence electrons. The van der Waals surface area contributed by atoms with Crippen molar-refractivity contribution in [3.05, 3.63) is 107 Å². The van der Waals surface area contributed by atoms with Crippen LogP contribution in [0.3, 0.4) is 0 Å². The molecule has 0 bridgehead atoms. The molecule has 0 saturated carbocycles. The number of hydrogen-bond donors (Lipinski definition) is 0. The monoisotopic (exact) mass is 455 g/mol. The Morgan fingerprint density at radius 1 is 0.794 bits per heavy atom. The summed E-state index contributed by atoms with van der Waals surface area (Å²) in [7, 11) is 0. The molecule has 0 unspecified atom stereocenters. The van der Waals surface area contributed by atoms with Crippen molar-refractivity contribution in [1.29, 1.82) is 0 Å². The summed E-state index contributed by atoms with van der Waals surface area (Å²) in [5.41, 5.74) is 3.12. The van der Waals surface area contributed by atoms with Crippen LogP contribution in [0.1, 0.15) is 31.8 Å². The van der Waals surface area contributed by atoms with Gasteiger partial charge in [0, 0.05) is 38.3 Å². The van der Waals surface area contributed by atoms with Gasteiger partial charge in [-0.1, -0.05) is 66.7 Å². The maximum absolute atomic E-state index is 14.2. The number of rotatable bonds is 6. The minimum Gasteiger partial charge on any atom is -0.368 e. The molecule has 1 saturated heterocycles. The van der Waals surface area contributed by atoms with Gasteiger partial charge in [0.1, 0.15) is 5.82 Å². The Bertz CT molecular complexity index is 1230. The molecule has 0 spiro atoms. The molecule has 5 rings (SSSR count). The number of hydrogen-bond acceptors (Lipinski definition) is 4. The third kappa shape index (κ3) is 4.37. The van der Waals surface area contributed by atoms with E-state index >= 15 is 0 Å². The molecule has 2 aliphatic heterocycles. The lowest BCUT2D eigenvalue weighted by Gasteiger charge is -2.36. The number of benzene rings is 3. The molecule has 0 aromatic heterocycles. The van der Waals surface area contributed by atoms with Crippen LogP contribution in [0, 0.1) is 5.82 Å². The third-order valence-electron chi connectivity index (χ3n) is 6.45. The summed E-state index contributed by atoms with van der Waals surface area (Å²) >= 11 is 0. The summed E-state index contributed by atoms with van der Waals surface area (Å²) in [5.74, 6) is -1.14. The first-order chi connectivity index (χ1) is 16.6. The number of halogens is 1. The van der Waals surface area contributed by atoms with Gasteiger partial charge in [-0.15, -0.1) is 0 Å². The first-order valence-electron chi connectivity index (χ1n) is 11.5. The van der Waals surface area contributed by atoms with Gasteiger partial charge < -0.3 is 4.90 Å². The van der Waals surface area contributed by atoms with Crippen LogP contribution in [0.2, 0.25) is 0 Å². The Hall–Kier alpha value is -3.77. The predicted octanol–water partition coefficient (Wildman–Crippen LogP) is 4.46. The maximum Gasteiger partial charge on any atom is 0.263 e. The van der Waals surface area contributed by atoms with Crippen molar-refractivity contribution in [2.75, 3.05) is 37.6 Å². The smallest absolute Gasteiger partial charge is 0.263 e. The van der Waals surface area contributed by atoms with Gasteiger partial charge in [-0.2, -0.15) is 0 Å². The lowest BCUT2D eigenvalue weighted by molar-refractivity contribution is 0.0641. The molecule has 0 N–H and O–H groups in total. The molecule has 2 amide bonds. The van der Waals surface area contributed by atoms with Crippen LogP contribution >= 0.6 is 0 Å². The number of nitrogens with zero attached hydrogens (tertiary/aromatic N) is 3. The number of imide groups is 1. The molecule has 5 nitrogen and oxygen atoms in total. The Labute approximate surface area is 198 Å². The fraction of sp³-hybridized carbons (Fsp3) is 0.214. The third-order valence-corrected chi connectivity index (χ3v) is 6.45. The second-order valence-electron chi connectivity index (χ2n) is 8.59. The van der Waals surface area contributed by atoms with Crippen LogP contribution in [0.25, 0.3) is 6.08 Å². The summed E-state index contributed by atoms with van der Waals surface area (Å²) in [5, 5.41) is 0. The lowest BCUT2D eigenvalue weighted by atomic mass is 10.1. The molecule has 0 aliphatic carbocycles. The van der Waals surface area contributed by atoms with Gasteiger partial charge in [-0.25, -0.2) is 4.39 Å². The fourth-order valence-electron chi connectivity index (χ4n) is 4.59. The van der Waals surface area contributed by atoms with Crippen molar-refractivity contribution in [1.82, 2.24) is 9.80 Å². The molecule has 34 heavy (non-hydrogen) atoms. The highest BCUT2D eigenvalue weighted by Gasteiger charge is 2.39. The van der Waals surface area contributed by atoms with E-state index in [2.05, 4.69) is 34.1 Å². The van der Waals surface area contributed by atoms with E-state index in [-0.39, 0.29) is 18.4 Å². The SMILES string of the molecule is O=C1c2cccc(N3CCN(C/C=C/c4ccccc4)CC3)c2C(=O)N1Cc1ccccc1F. The van der Waals surface area contributed by atoms with E-state index in [1.54, 1.807) is 24.3 Å². The van der Waals surface area contributed by atoms with Crippen LogP contribution in [0.5, 0.6) is 0 Å². The Kier molecular flexibility index (Phi) is 6.23. The van der Waals surface area contributed by atoms with Crippen LogP contribution in [-0.4, -0.2) is 54.3 Å². The second-order valence-corrected chi connectivity index (χ2v) is 8.59. The van der Waals surface area contributed by atoms with Gasteiger partial charge in [-0.3, -0.25) is 19.4 Å². The van der Waals surface area contributed by atoms with Crippen molar-refractivity contribution >= 4 is 23.6 Å².